The van der Waals surface area contributed by atoms with Crippen molar-refractivity contribution in [2.45, 2.75) is 32.1 Å². The van der Waals surface area contributed by atoms with E-state index in [1.807, 2.05) is 25.1 Å². The number of fused-ring (bicyclic) bond motifs is 3. The number of esters is 1. The summed E-state index contributed by atoms with van der Waals surface area (Å²) in [6.45, 7) is 2.27. The molecule has 0 saturated heterocycles. The van der Waals surface area contributed by atoms with Crippen LogP contribution in [0.5, 0.6) is 0 Å². The number of rotatable bonds is 2. The van der Waals surface area contributed by atoms with Gasteiger partial charge in [0, 0.05) is 21.6 Å². The maximum absolute atomic E-state index is 12.0. The van der Waals surface area contributed by atoms with Gasteiger partial charge in [-0.1, -0.05) is 11.6 Å². The van der Waals surface area contributed by atoms with Crippen molar-refractivity contribution in [2.24, 2.45) is 0 Å². The first-order valence-corrected chi connectivity index (χ1v) is 7.05. The van der Waals surface area contributed by atoms with Crippen LogP contribution in [0.4, 0.5) is 0 Å². The number of carbonyl (C=O) groups excluding carboxylic acids is 1. The van der Waals surface area contributed by atoms with Gasteiger partial charge in [-0.15, -0.1) is 0 Å². The predicted octanol–water partition coefficient (Wildman–Crippen LogP) is 3.80. The first-order valence-electron chi connectivity index (χ1n) is 6.67. The van der Waals surface area contributed by atoms with Crippen molar-refractivity contribution in [1.82, 2.24) is 4.98 Å². The maximum Gasteiger partial charge on any atom is 0.314 e. The molecular weight excluding hydrogens is 262 g/mol. The lowest BCUT2D eigenvalue weighted by molar-refractivity contribution is -0.145. The number of nitrogens with one attached hydrogen (secondary N) is 1. The minimum Gasteiger partial charge on any atom is -0.465 e. The highest BCUT2D eigenvalue weighted by Gasteiger charge is 2.30. The SMILES string of the molecule is CCOC(=O)[C@@H]1CCCc2c1[nH]c1ccc(Cl)cc21. The van der Waals surface area contributed by atoms with Gasteiger partial charge in [-0.3, -0.25) is 4.79 Å². The van der Waals surface area contributed by atoms with Gasteiger partial charge in [-0.2, -0.15) is 0 Å². The van der Waals surface area contributed by atoms with Gasteiger partial charge in [-0.05, 0) is 49.9 Å². The van der Waals surface area contributed by atoms with Crippen molar-refractivity contribution in [3.8, 4) is 0 Å². The Hall–Kier alpha value is -1.48. The largest absolute Gasteiger partial charge is 0.465 e. The zero-order chi connectivity index (χ0) is 13.4. The molecule has 0 radical (unpaired) electrons. The van der Waals surface area contributed by atoms with Crippen LogP contribution in [0.3, 0.4) is 0 Å². The number of carbonyl (C=O) groups is 1. The van der Waals surface area contributed by atoms with Gasteiger partial charge in [0.1, 0.15) is 0 Å². The van der Waals surface area contributed by atoms with Gasteiger partial charge in [0.05, 0.1) is 12.5 Å². The van der Waals surface area contributed by atoms with E-state index in [1.165, 1.54) is 5.56 Å². The van der Waals surface area contributed by atoms with Crippen molar-refractivity contribution in [3.05, 3.63) is 34.5 Å². The molecule has 1 aliphatic carbocycles. The topological polar surface area (TPSA) is 42.1 Å². The Balaban J connectivity index is 2.09. The molecule has 4 heteroatoms. The quantitative estimate of drug-likeness (QED) is 0.848. The van der Waals surface area contributed by atoms with E-state index in [1.54, 1.807) is 0 Å². The molecule has 0 spiro atoms. The van der Waals surface area contributed by atoms with Crippen molar-refractivity contribution >= 4 is 28.5 Å². The molecule has 0 amide bonds. The predicted molar refractivity (Wildman–Crippen MR) is 75.6 cm³/mol. The molecule has 0 bridgehead atoms. The zero-order valence-corrected chi connectivity index (χ0v) is 11.6. The summed E-state index contributed by atoms with van der Waals surface area (Å²) in [5.74, 6) is -0.282. The van der Waals surface area contributed by atoms with Gasteiger partial charge in [0.2, 0.25) is 0 Å². The lowest BCUT2D eigenvalue weighted by Gasteiger charge is -2.20. The second-order valence-electron chi connectivity index (χ2n) is 4.90. The summed E-state index contributed by atoms with van der Waals surface area (Å²) in [6.07, 6.45) is 2.86. The number of aryl methyl sites for hydroxylation is 1. The maximum atomic E-state index is 12.0. The molecule has 0 unspecified atom stereocenters. The van der Waals surface area contributed by atoms with Crippen LogP contribution in [-0.2, 0) is 16.0 Å². The van der Waals surface area contributed by atoms with Crippen LogP contribution in [-0.4, -0.2) is 17.6 Å². The standard InChI is InChI=1S/C15H16ClNO2/c1-2-19-15(18)11-5-3-4-10-12-8-9(16)6-7-13(12)17-14(10)11/h6-8,11,17H,2-5H2,1H3/t11-/m1/s1. The molecule has 3 rings (SSSR count). The van der Waals surface area contributed by atoms with E-state index in [9.17, 15) is 4.79 Å². The van der Waals surface area contributed by atoms with E-state index in [-0.39, 0.29) is 11.9 Å². The molecule has 1 heterocycles. The molecule has 2 aromatic rings. The van der Waals surface area contributed by atoms with Crippen LogP contribution in [0, 0.1) is 0 Å². The molecule has 1 atom stereocenters. The highest BCUT2D eigenvalue weighted by molar-refractivity contribution is 6.31. The van der Waals surface area contributed by atoms with Crippen LogP contribution in [0.2, 0.25) is 5.02 Å². The fourth-order valence-corrected chi connectivity index (χ4v) is 3.09. The summed E-state index contributed by atoms with van der Waals surface area (Å²) in [5.41, 5.74) is 3.29. The second-order valence-corrected chi connectivity index (χ2v) is 5.34. The zero-order valence-electron chi connectivity index (χ0n) is 10.8. The lowest BCUT2D eigenvalue weighted by Crippen LogP contribution is -2.20. The summed E-state index contributed by atoms with van der Waals surface area (Å²) >= 11 is 6.06. The van der Waals surface area contributed by atoms with E-state index in [0.29, 0.717) is 6.61 Å². The van der Waals surface area contributed by atoms with Crippen LogP contribution in [0.15, 0.2) is 18.2 Å². The van der Waals surface area contributed by atoms with Crippen molar-refractivity contribution in [3.63, 3.8) is 0 Å². The Morgan fingerprint density at radius 1 is 1.53 bits per heavy atom. The molecule has 1 aromatic carbocycles. The van der Waals surface area contributed by atoms with Gasteiger partial charge in [0.15, 0.2) is 0 Å². The Labute approximate surface area is 116 Å². The molecule has 19 heavy (non-hydrogen) atoms. The van der Waals surface area contributed by atoms with Crippen LogP contribution in [0.1, 0.15) is 36.9 Å². The highest BCUT2D eigenvalue weighted by Crippen LogP contribution is 2.37. The van der Waals surface area contributed by atoms with Gasteiger partial charge in [0.25, 0.3) is 0 Å². The van der Waals surface area contributed by atoms with Crippen LogP contribution < -0.4 is 0 Å². The van der Waals surface area contributed by atoms with Gasteiger partial charge < -0.3 is 9.72 Å². The lowest BCUT2D eigenvalue weighted by atomic mass is 9.87. The minimum atomic E-state index is -0.158. The van der Waals surface area contributed by atoms with Crippen molar-refractivity contribution in [2.75, 3.05) is 6.61 Å². The number of benzene rings is 1. The van der Waals surface area contributed by atoms with E-state index in [2.05, 4.69) is 4.98 Å². The fourth-order valence-electron chi connectivity index (χ4n) is 2.91. The van der Waals surface area contributed by atoms with E-state index < -0.39 is 0 Å². The van der Waals surface area contributed by atoms with Gasteiger partial charge in [-0.25, -0.2) is 0 Å². The number of hydrogen-bond donors (Lipinski definition) is 1. The number of H-pyrrole nitrogens is 1. The Morgan fingerprint density at radius 2 is 2.37 bits per heavy atom. The molecule has 100 valence electrons. The highest BCUT2D eigenvalue weighted by atomic mass is 35.5. The second kappa shape index (κ2) is 4.89. The van der Waals surface area contributed by atoms with Crippen molar-refractivity contribution < 1.29 is 9.53 Å². The van der Waals surface area contributed by atoms with Crippen LogP contribution in [0.25, 0.3) is 10.9 Å². The molecule has 1 N–H and O–H groups in total. The smallest absolute Gasteiger partial charge is 0.314 e. The Morgan fingerprint density at radius 3 is 3.16 bits per heavy atom. The summed E-state index contributed by atoms with van der Waals surface area (Å²) in [4.78, 5) is 15.4. The van der Waals surface area contributed by atoms with Crippen LogP contribution >= 0.6 is 11.6 Å². The number of hydrogen-bond acceptors (Lipinski definition) is 2. The first kappa shape index (κ1) is 12.5. The molecule has 0 saturated carbocycles. The molecule has 0 aliphatic heterocycles. The third-order valence-corrected chi connectivity index (χ3v) is 3.98. The summed E-state index contributed by atoms with van der Waals surface area (Å²) in [7, 11) is 0. The Bertz CT molecular complexity index is 632. The molecule has 1 aromatic heterocycles. The fraction of sp³-hybridized carbons (Fsp3) is 0.400. The molecular formula is C15H16ClNO2. The minimum absolute atomic E-state index is 0.124. The van der Waals surface area contributed by atoms with Gasteiger partial charge >= 0.3 is 5.97 Å². The average molecular weight is 278 g/mol. The summed E-state index contributed by atoms with van der Waals surface area (Å²) in [5, 5.41) is 1.86. The molecule has 0 fully saturated rings. The first-order chi connectivity index (χ1) is 9.20. The third kappa shape index (κ3) is 2.12. The normalized spacial score (nSPS) is 18.3. The summed E-state index contributed by atoms with van der Waals surface area (Å²) < 4.78 is 5.17. The van der Waals surface area contributed by atoms with Crippen molar-refractivity contribution in [1.29, 1.82) is 0 Å². The van der Waals surface area contributed by atoms with E-state index in [4.69, 9.17) is 16.3 Å². The Kier molecular flexibility index (Phi) is 3.23. The number of halogens is 1. The number of aromatic nitrogens is 1. The van der Waals surface area contributed by atoms with E-state index in [0.717, 1.165) is 40.9 Å². The molecule has 1 aliphatic rings. The summed E-state index contributed by atoms with van der Waals surface area (Å²) in [6, 6.07) is 5.81. The number of ether oxygens (including phenoxy) is 1. The molecule has 3 nitrogen and oxygen atoms in total. The monoisotopic (exact) mass is 277 g/mol. The number of aromatic amines is 1. The average Bonchev–Trinajstić information content (AvgIpc) is 2.77. The third-order valence-electron chi connectivity index (χ3n) is 3.74. The van der Waals surface area contributed by atoms with E-state index >= 15 is 0 Å².